The molecule has 1 unspecified atom stereocenters. The third-order valence-corrected chi connectivity index (χ3v) is 4.93. The highest BCUT2D eigenvalue weighted by molar-refractivity contribution is 5.85. The minimum Gasteiger partial charge on any atom is -0.497 e. The Morgan fingerprint density at radius 2 is 2.17 bits per heavy atom. The Bertz CT molecular complexity index is 858. The molecule has 3 aromatic rings. The fourth-order valence-corrected chi connectivity index (χ4v) is 3.71. The predicted octanol–water partition coefficient (Wildman–Crippen LogP) is 4.31. The topological polar surface area (TPSA) is 28.3 Å². The van der Waals surface area contributed by atoms with Gasteiger partial charge in [0.25, 0.3) is 0 Å². The first-order valence-corrected chi connectivity index (χ1v) is 8.35. The molecule has 1 N–H and O–H groups in total. The van der Waals surface area contributed by atoms with Gasteiger partial charge in [0.05, 0.1) is 7.11 Å². The van der Waals surface area contributed by atoms with Crippen LogP contribution in [-0.4, -0.2) is 30.1 Å². The van der Waals surface area contributed by atoms with Gasteiger partial charge in [-0.25, -0.2) is 4.39 Å². The molecule has 1 fully saturated rings. The van der Waals surface area contributed by atoms with Crippen molar-refractivity contribution in [1.82, 2.24) is 9.88 Å². The van der Waals surface area contributed by atoms with E-state index in [1.165, 1.54) is 17.0 Å². The summed E-state index contributed by atoms with van der Waals surface area (Å²) < 4.78 is 18.7. The van der Waals surface area contributed by atoms with E-state index in [4.69, 9.17) is 4.74 Å². The van der Waals surface area contributed by atoms with Crippen LogP contribution in [0.1, 0.15) is 23.5 Å². The molecule has 0 radical (unpaired) electrons. The summed E-state index contributed by atoms with van der Waals surface area (Å²) in [4.78, 5) is 5.77. The molecule has 4 heteroatoms. The van der Waals surface area contributed by atoms with Crippen molar-refractivity contribution in [3.8, 4) is 5.75 Å². The smallest absolute Gasteiger partial charge is 0.123 e. The van der Waals surface area contributed by atoms with Gasteiger partial charge in [0.1, 0.15) is 11.6 Å². The Hall–Kier alpha value is -2.33. The van der Waals surface area contributed by atoms with E-state index in [1.54, 1.807) is 19.2 Å². The van der Waals surface area contributed by atoms with Crippen molar-refractivity contribution in [2.75, 3.05) is 20.2 Å². The monoisotopic (exact) mass is 324 g/mol. The van der Waals surface area contributed by atoms with Crippen LogP contribution in [0, 0.1) is 5.82 Å². The third-order valence-electron chi connectivity index (χ3n) is 4.93. The molecule has 2 heterocycles. The fourth-order valence-electron chi connectivity index (χ4n) is 3.71. The number of methoxy groups -OCH3 is 1. The summed E-state index contributed by atoms with van der Waals surface area (Å²) in [5.41, 5.74) is 3.54. The number of rotatable bonds is 4. The van der Waals surface area contributed by atoms with Gasteiger partial charge in [0.2, 0.25) is 0 Å². The lowest BCUT2D eigenvalue weighted by atomic mass is 9.98. The maximum Gasteiger partial charge on any atom is 0.123 e. The number of nitrogens with one attached hydrogen (secondary N) is 1. The zero-order chi connectivity index (χ0) is 16.5. The quantitative estimate of drug-likeness (QED) is 0.775. The number of hydrogen-bond donors (Lipinski definition) is 1. The molecule has 0 saturated carbocycles. The molecule has 1 saturated heterocycles. The average Bonchev–Trinajstić information content (AvgIpc) is 3.20. The second-order valence-electron chi connectivity index (χ2n) is 6.51. The second kappa shape index (κ2) is 6.29. The largest absolute Gasteiger partial charge is 0.497 e. The molecule has 0 bridgehead atoms. The van der Waals surface area contributed by atoms with Crippen molar-refractivity contribution in [3.05, 3.63) is 65.6 Å². The van der Waals surface area contributed by atoms with Crippen LogP contribution in [0.3, 0.4) is 0 Å². The summed E-state index contributed by atoms with van der Waals surface area (Å²) in [6.45, 7) is 2.85. The molecule has 24 heavy (non-hydrogen) atoms. The van der Waals surface area contributed by atoms with Crippen LogP contribution in [0.4, 0.5) is 4.39 Å². The van der Waals surface area contributed by atoms with Gasteiger partial charge in [0.15, 0.2) is 0 Å². The predicted molar refractivity (Wildman–Crippen MR) is 93.9 cm³/mol. The van der Waals surface area contributed by atoms with E-state index in [0.717, 1.165) is 42.9 Å². The number of nitrogens with zero attached hydrogens (tertiary/aromatic N) is 1. The van der Waals surface area contributed by atoms with Gasteiger partial charge in [0, 0.05) is 30.2 Å². The lowest BCUT2D eigenvalue weighted by molar-refractivity contribution is 0.326. The molecule has 4 rings (SSSR count). The number of halogens is 1. The van der Waals surface area contributed by atoms with Crippen LogP contribution < -0.4 is 4.74 Å². The summed E-state index contributed by atoms with van der Waals surface area (Å²) in [5, 5.41) is 1.24. The van der Waals surface area contributed by atoms with Crippen LogP contribution >= 0.6 is 0 Å². The number of H-pyrrole nitrogens is 1. The molecular formula is C20H21FN2O. The summed E-state index contributed by atoms with van der Waals surface area (Å²) in [6, 6.07) is 13.1. The van der Waals surface area contributed by atoms with Gasteiger partial charge in [-0.2, -0.15) is 0 Å². The van der Waals surface area contributed by atoms with Crippen molar-refractivity contribution in [1.29, 1.82) is 0 Å². The molecule has 1 aliphatic heterocycles. The highest BCUT2D eigenvalue weighted by atomic mass is 19.1. The van der Waals surface area contributed by atoms with Crippen molar-refractivity contribution < 1.29 is 9.13 Å². The summed E-state index contributed by atoms with van der Waals surface area (Å²) in [6.07, 6.45) is 3.25. The summed E-state index contributed by atoms with van der Waals surface area (Å²) in [5.74, 6) is 1.23. The Kier molecular flexibility index (Phi) is 3.98. The number of ether oxygens (including phenoxy) is 1. The highest BCUT2D eigenvalue weighted by Crippen LogP contribution is 2.34. The van der Waals surface area contributed by atoms with E-state index in [-0.39, 0.29) is 5.82 Å². The maximum atomic E-state index is 13.4. The minimum atomic E-state index is -0.160. The molecule has 0 amide bonds. The molecule has 3 nitrogen and oxygen atoms in total. The van der Waals surface area contributed by atoms with Crippen molar-refractivity contribution in [2.24, 2.45) is 0 Å². The molecule has 1 aliphatic rings. The molecule has 2 aromatic carbocycles. The normalized spacial score (nSPS) is 18.3. The van der Waals surface area contributed by atoms with Gasteiger partial charge < -0.3 is 9.72 Å². The SMILES string of the molecule is COc1ccc2[nH]cc(C3CCN(Cc4cccc(F)c4)C3)c2c1. The molecule has 1 aromatic heterocycles. The Morgan fingerprint density at radius 1 is 1.25 bits per heavy atom. The Labute approximate surface area is 141 Å². The van der Waals surface area contributed by atoms with E-state index >= 15 is 0 Å². The summed E-state index contributed by atoms with van der Waals surface area (Å²) in [7, 11) is 1.70. The van der Waals surface area contributed by atoms with Crippen LogP contribution in [0.2, 0.25) is 0 Å². The maximum absolute atomic E-state index is 13.4. The number of fused-ring (bicyclic) bond motifs is 1. The molecule has 0 aliphatic carbocycles. The van der Waals surface area contributed by atoms with Crippen molar-refractivity contribution >= 4 is 10.9 Å². The van der Waals surface area contributed by atoms with E-state index in [9.17, 15) is 4.39 Å². The van der Waals surface area contributed by atoms with E-state index in [1.807, 2.05) is 12.1 Å². The Balaban J connectivity index is 1.52. The molecular weight excluding hydrogens is 303 g/mol. The van der Waals surface area contributed by atoms with Crippen molar-refractivity contribution in [3.63, 3.8) is 0 Å². The fraction of sp³-hybridized carbons (Fsp3) is 0.300. The van der Waals surface area contributed by atoms with Crippen LogP contribution in [-0.2, 0) is 6.54 Å². The third kappa shape index (κ3) is 2.89. The highest BCUT2D eigenvalue weighted by Gasteiger charge is 2.26. The van der Waals surface area contributed by atoms with Crippen LogP contribution in [0.15, 0.2) is 48.7 Å². The number of likely N-dealkylation sites (tertiary alicyclic amines) is 1. The van der Waals surface area contributed by atoms with Gasteiger partial charge in [-0.05, 0) is 60.3 Å². The van der Waals surface area contributed by atoms with Gasteiger partial charge in [-0.3, -0.25) is 4.90 Å². The van der Waals surface area contributed by atoms with E-state index in [2.05, 4.69) is 28.2 Å². The van der Waals surface area contributed by atoms with Crippen LogP contribution in [0.25, 0.3) is 10.9 Å². The van der Waals surface area contributed by atoms with Gasteiger partial charge in [-0.15, -0.1) is 0 Å². The summed E-state index contributed by atoms with van der Waals surface area (Å²) >= 11 is 0. The zero-order valence-electron chi connectivity index (χ0n) is 13.8. The zero-order valence-corrected chi connectivity index (χ0v) is 13.8. The lowest BCUT2D eigenvalue weighted by Gasteiger charge is -2.16. The number of benzene rings is 2. The first-order chi connectivity index (χ1) is 11.7. The van der Waals surface area contributed by atoms with Gasteiger partial charge in [-0.1, -0.05) is 12.1 Å². The number of aromatic amines is 1. The minimum absolute atomic E-state index is 0.160. The number of aromatic nitrogens is 1. The van der Waals surface area contributed by atoms with Gasteiger partial charge >= 0.3 is 0 Å². The molecule has 0 spiro atoms. The van der Waals surface area contributed by atoms with E-state index in [0.29, 0.717) is 5.92 Å². The van der Waals surface area contributed by atoms with Crippen LogP contribution in [0.5, 0.6) is 5.75 Å². The molecule has 1 atom stereocenters. The molecule has 124 valence electrons. The first-order valence-electron chi connectivity index (χ1n) is 8.35. The lowest BCUT2D eigenvalue weighted by Crippen LogP contribution is -2.19. The Morgan fingerprint density at radius 3 is 3.00 bits per heavy atom. The standard InChI is InChI=1S/C20H21FN2O/c1-24-17-5-6-20-18(10-17)19(11-22-20)15-7-8-23(13-15)12-14-3-2-4-16(21)9-14/h2-6,9-11,15,22H,7-8,12-13H2,1H3. The average molecular weight is 324 g/mol. The van der Waals surface area contributed by atoms with Crippen molar-refractivity contribution in [2.45, 2.75) is 18.9 Å². The number of hydrogen-bond acceptors (Lipinski definition) is 2. The van der Waals surface area contributed by atoms with E-state index < -0.39 is 0 Å². The first kappa shape index (κ1) is 15.2. The second-order valence-corrected chi connectivity index (χ2v) is 6.51.